The largest absolute Gasteiger partial charge is 0.480 e. The average molecular weight is 375 g/mol. The van der Waals surface area contributed by atoms with Crippen molar-refractivity contribution in [1.29, 1.82) is 0 Å². The molecule has 0 aromatic heterocycles. The van der Waals surface area contributed by atoms with Gasteiger partial charge in [-0.3, -0.25) is 4.79 Å². The molecule has 0 fully saturated rings. The lowest BCUT2D eigenvalue weighted by atomic mass is 10.0. The standard InChI is InChI=1S/C20H25NO4S/c1-3-4-8-16-11-13-17(14-12-16)15-19(20(22)23)21(2)26(24,25)18-9-6-5-7-10-18/h5-7,9-14,19H,3-4,8,15H2,1-2H3,(H,22,23)/t19-/m1/s1. The van der Waals surface area contributed by atoms with Crippen LogP contribution in [-0.2, 0) is 27.7 Å². The Morgan fingerprint density at radius 2 is 1.62 bits per heavy atom. The van der Waals surface area contributed by atoms with Crippen molar-refractivity contribution in [2.24, 2.45) is 0 Å². The van der Waals surface area contributed by atoms with Gasteiger partial charge in [-0.1, -0.05) is 55.8 Å². The molecular formula is C20H25NO4S. The van der Waals surface area contributed by atoms with E-state index < -0.39 is 22.0 Å². The first-order valence-corrected chi connectivity index (χ1v) is 10.1. The van der Waals surface area contributed by atoms with Gasteiger partial charge < -0.3 is 5.11 Å². The van der Waals surface area contributed by atoms with Crippen molar-refractivity contribution in [3.63, 3.8) is 0 Å². The Kier molecular flexibility index (Phi) is 6.94. The van der Waals surface area contributed by atoms with Crippen LogP contribution in [0.4, 0.5) is 0 Å². The molecule has 0 aliphatic carbocycles. The highest BCUT2D eigenvalue weighted by Gasteiger charge is 2.32. The van der Waals surface area contributed by atoms with E-state index in [1.54, 1.807) is 18.2 Å². The summed E-state index contributed by atoms with van der Waals surface area (Å²) < 4.78 is 26.3. The second-order valence-electron chi connectivity index (χ2n) is 6.31. The molecule has 1 N–H and O–H groups in total. The maximum atomic E-state index is 12.7. The number of carbonyl (C=O) groups is 1. The number of carboxylic acid groups (broad SMARTS) is 1. The molecule has 140 valence electrons. The zero-order chi connectivity index (χ0) is 19.2. The van der Waals surface area contributed by atoms with Crippen molar-refractivity contribution in [3.8, 4) is 0 Å². The summed E-state index contributed by atoms with van der Waals surface area (Å²) in [7, 11) is -2.55. The summed E-state index contributed by atoms with van der Waals surface area (Å²) >= 11 is 0. The van der Waals surface area contributed by atoms with E-state index in [1.807, 2.05) is 24.3 Å². The van der Waals surface area contributed by atoms with Gasteiger partial charge >= 0.3 is 5.97 Å². The van der Waals surface area contributed by atoms with Crippen molar-refractivity contribution in [3.05, 3.63) is 65.7 Å². The maximum Gasteiger partial charge on any atom is 0.322 e. The van der Waals surface area contributed by atoms with Crippen LogP contribution in [0.25, 0.3) is 0 Å². The van der Waals surface area contributed by atoms with Crippen molar-refractivity contribution < 1.29 is 18.3 Å². The van der Waals surface area contributed by atoms with E-state index in [9.17, 15) is 18.3 Å². The monoisotopic (exact) mass is 375 g/mol. The summed E-state index contributed by atoms with van der Waals surface area (Å²) in [4.78, 5) is 11.8. The Bertz CT molecular complexity index is 817. The molecule has 1 atom stereocenters. The van der Waals surface area contributed by atoms with Crippen molar-refractivity contribution in [1.82, 2.24) is 4.31 Å². The summed E-state index contributed by atoms with van der Waals surface area (Å²) in [5.74, 6) is -1.16. The third-order valence-electron chi connectivity index (χ3n) is 4.42. The zero-order valence-electron chi connectivity index (χ0n) is 15.1. The lowest BCUT2D eigenvalue weighted by Crippen LogP contribution is -2.43. The lowest BCUT2D eigenvalue weighted by Gasteiger charge is -2.24. The van der Waals surface area contributed by atoms with Gasteiger partial charge in [-0.2, -0.15) is 4.31 Å². The second-order valence-corrected chi connectivity index (χ2v) is 8.31. The highest BCUT2D eigenvalue weighted by molar-refractivity contribution is 7.89. The van der Waals surface area contributed by atoms with Crippen LogP contribution in [0.1, 0.15) is 30.9 Å². The molecule has 0 aliphatic heterocycles. The molecule has 5 nitrogen and oxygen atoms in total. The highest BCUT2D eigenvalue weighted by Crippen LogP contribution is 2.19. The molecule has 2 rings (SSSR count). The summed E-state index contributed by atoms with van der Waals surface area (Å²) in [6.07, 6.45) is 3.33. The molecule has 0 saturated carbocycles. The van der Waals surface area contributed by atoms with E-state index in [0.29, 0.717) is 0 Å². The van der Waals surface area contributed by atoms with Gasteiger partial charge in [0.2, 0.25) is 10.0 Å². The van der Waals surface area contributed by atoms with Gasteiger partial charge in [0.25, 0.3) is 0 Å². The molecule has 0 saturated heterocycles. The van der Waals surface area contributed by atoms with Crippen molar-refractivity contribution >= 4 is 16.0 Å². The number of carboxylic acids is 1. The quantitative estimate of drug-likeness (QED) is 0.729. The van der Waals surface area contributed by atoms with Crippen LogP contribution >= 0.6 is 0 Å². The van der Waals surface area contributed by atoms with Crippen molar-refractivity contribution in [2.75, 3.05) is 7.05 Å². The Morgan fingerprint density at radius 1 is 1.04 bits per heavy atom. The predicted octanol–water partition coefficient (Wildman–Crippen LogP) is 3.35. The van der Waals surface area contributed by atoms with Gasteiger partial charge in [0.05, 0.1) is 4.90 Å². The molecule has 0 heterocycles. The summed E-state index contributed by atoms with van der Waals surface area (Å²) in [5.41, 5.74) is 2.00. The number of unbranched alkanes of at least 4 members (excludes halogenated alkanes) is 1. The molecular weight excluding hydrogens is 350 g/mol. The SMILES string of the molecule is CCCCc1ccc(C[C@H](C(=O)O)N(C)S(=O)(=O)c2ccccc2)cc1. The Hall–Kier alpha value is -2.18. The first kappa shape index (κ1) is 20.1. The first-order valence-electron chi connectivity index (χ1n) is 8.70. The molecule has 2 aromatic carbocycles. The average Bonchev–Trinajstić information content (AvgIpc) is 2.65. The highest BCUT2D eigenvalue weighted by atomic mass is 32.2. The number of likely N-dealkylation sites (N-methyl/N-ethyl adjacent to an activating group) is 1. The molecule has 0 aliphatic rings. The molecule has 2 aromatic rings. The molecule has 0 radical (unpaired) electrons. The molecule has 0 bridgehead atoms. The van der Waals surface area contributed by atoms with Crippen LogP contribution in [0.5, 0.6) is 0 Å². The number of hydrogen-bond donors (Lipinski definition) is 1. The van der Waals surface area contributed by atoms with E-state index in [-0.39, 0.29) is 11.3 Å². The van der Waals surface area contributed by atoms with Crippen molar-refractivity contribution in [2.45, 2.75) is 43.5 Å². The number of aryl methyl sites for hydroxylation is 1. The summed E-state index contributed by atoms with van der Waals surface area (Å²) in [6, 6.07) is 14.4. The maximum absolute atomic E-state index is 12.7. The third-order valence-corrected chi connectivity index (χ3v) is 6.30. The van der Waals surface area contributed by atoms with Gasteiger partial charge in [-0.25, -0.2) is 8.42 Å². The van der Waals surface area contributed by atoms with Gasteiger partial charge in [-0.15, -0.1) is 0 Å². The second kappa shape index (κ2) is 8.96. The number of aliphatic carboxylic acids is 1. The number of rotatable bonds is 9. The van der Waals surface area contributed by atoms with Gasteiger partial charge in [0.15, 0.2) is 0 Å². The van der Waals surface area contributed by atoms with Gasteiger partial charge in [-0.05, 0) is 42.5 Å². The predicted molar refractivity (Wildman–Crippen MR) is 102 cm³/mol. The Labute approximate surface area is 155 Å². The minimum atomic E-state index is -3.87. The Morgan fingerprint density at radius 3 is 2.15 bits per heavy atom. The minimum Gasteiger partial charge on any atom is -0.480 e. The third kappa shape index (κ3) is 4.93. The van der Waals surface area contributed by atoms with Gasteiger partial charge in [0, 0.05) is 7.05 Å². The van der Waals surface area contributed by atoms with Crippen LogP contribution in [0.2, 0.25) is 0 Å². The van der Waals surface area contributed by atoms with Crippen LogP contribution < -0.4 is 0 Å². The molecule has 0 amide bonds. The molecule has 0 spiro atoms. The molecule has 6 heteroatoms. The fraction of sp³-hybridized carbons (Fsp3) is 0.350. The van der Waals surface area contributed by atoms with E-state index in [2.05, 4.69) is 6.92 Å². The lowest BCUT2D eigenvalue weighted by molar-refractivity contribution is -0.141. The van der Waals surface area contributed by atoms with Gasteiger partial charge in [0.1, 0.15) is 6.04 Å². The topological polar surface area (TPSA) is 74.7 Å². The zero-order valence-corrected chi connectivity index (χ0v) is 15.9. The first-order chi connectivity index (χ1) is 12.4. The number of sulfonamides is 1. The number of benzene rings is 2. The summed E-state index contributed by atoms with van der Waals surface area (Å²) in [6.45, 7) is 2.13. The van der Waals surface area contributed by atoms with E-state index >= 15 is 0 Å². The normalized spacial score (nSPS) is 12.9. The van der Waals surface area contributed by atoms with Crippen LogP contribution in [0.3, 0.4) is 0 Å². The van der Waals surface area contributed by atoms with E-state index in [1.165, 1.54) is 24.7 Å². The smallest absolute Gasteiger partial charge is 0.322 e. The molecule has 0 unspecified atom stereocenters. The van der Waals surface area contributed by atoms with E-state index in [0.717, 1.165) is 29.1 Å². The number of nitrogens with zero attached hydrogens (tertiary/aromatic N) is 1. The van der Waals surface area contributed by atoms with Crippen LogP contribution in [-0.4, -0.2) is 36.9 Å². The molecule has 26 heavy (non-hydrogen) atoms. The van der Waals surface area contributed by atoms with E-state index in [4.69, 9.17) is 0 Å². The fourth-order valence-corrected chi connectivity index (χ4v) is 4.08. The van der Waals surface area contributed by atoms with Crippen LogP contribution in [0, 0.1) is 0 Å². The summed E-state index contributed by atoms with van der Waals surface area (Å²) in [5, 5.41) is 9.58. The Balaban J connectivity index is 2.19. The van der Waals surface area contributed by atoms with Crippen LogP contribution in [0.15, 0.2) is 59.5 Å². The number of hydrogen-bond acceptors (Lipinski definition) is 3. The fourth-order valence-electron chi connectivity index (χ4n) is 2.74. The minimum absolute atomic E-state index is 0.0867.